The maximum atomic E-state index is 12.4. The van der Waals surface area contributed by atoms with Crippen molar-refractivity contribution in [2.24, 2.45) is 0 Å². The van der Waals surface area contributed by atoms with Crippen molar-refractivity contribution in [2.75, 3.05) is 19.6 Å². The lowest BCUT2D eigenvalue weighted by Gasteiger charge is -2.34. The van der Waals surface area contributed by atoms with Crippen molar-refractivity contribution in [3.05, 3.63) is 18.2 Å². The number of hydrogen-bond donors (Lipinski definition) is 2. The summed E-state index contributed by atoms with van der Waals surface area (Å²) >= 11 is 0. The number of nitrogens with one attached hydrogen (secondary N) is 2. The molecular weight excluding hydrogens is 230 g/mol. The summed E-state index contributed by atoms with van der Waals surface area (Å²) in [6.07, 6.45) is 3.77. The number of rotatable bonds is 1. The summed E-state index contributed by atoms with van der Waals surface area (Å²) < 4.78 is 2.11. The van der Waals surface area contributed by atoms with Crippen LogP contribution in [0.4, 0.5) is 0 Å². The molecule has 1 amide bonds. The van der Waals surface area contributed by atoms with Crippen LogP contribution < -0.4 is 10.6 Å². The third kappa shape index (κ3) is 2.13. The van der Waals surface area contributed by atoms with Gasteiger partial charge >= 0.3 is 0 Å². The Kier molecular flexibility index (Phi) is 3.05. The minimum absolute atomic E-state index is 0.0947. The number of nitrogens with zero attached hydrogens (tertiary/aromatic N) is 3. The van der Waals surface area contributed by atoms with Crippen LogP contribution in [0.3, 0.4) is 0 Å². The van der Waals surface area contributed by atoms with Crippen LogP contribution in [-0.2, 0) is 17.9 Å². The fourth-order valence-electron chi connectivity index (χ4n) is 2.54. The molecule has 98 valence electrons. The van der Waals surface area contributed by atoms with Crippen LogP contribution in [0.25, 0.3) is 0 Å². The Labute approximate surface area is 106 Å². The predicted octanol–water partition coefficient (Wildman–Crippen LogP) is -0.825. The summed E-state index contributed by atoms with van der Waals surface area (Å²) in [7, 11) is 0. The average molecular weight is 249 g/mol. The topological polar surface area (TPSA) is 62.2 Å². The average Bonchev–Trinajstić information content (AvgIpc) is 2.86. The molecular formula is C12H19N5O. The van der Waals surface area contributed by atoms with Crippen LogP contribution in [0.5, 0.6) is 0 Å². The first-order valence-electron chi connectivity index (χ1n) is 6.49. The van der Waals surface area contributed by atoms with E-state index in [9.17, 15) is 4.79 Å². The molecule has 0 saturated carbocycles. The maximum Gasteiger partial charge on any atom is 0.241 e. The zero-order valence-electron chi connectivity index (χ0n) is 10.6. The largest absolute Gasteiger partial charge is 0.332 e. The Hall–Kier alpha value is -1.40. The fourth-order valence-corrected chi connectivity index (χ4v) is 2.54. The number of fused-ring (bicyclic) bond motifs is 1. The molecule has 6 nitrogen and oxygen atoms in total. The quantitative estimate of drug-likeness (QED) is 0.682. The Balaban J connectivity index is 1.64. The van der Waals surface area contributed by atoms with Crippen molar-refractivity contribution in [2.45, 2.75) is 32.1 Å². The van der Waals surface area contributed by atoms with Crippen molar-refractivity contribution in [3.8, 4) is 0 Å². The van der Waals surface area contributed by atoms with E-state index >= 15 is 0 Å². The third-order valence-corrected chi connectivity index (χ3v) is 3.70. The molecule has 1 saturated heterocycles. The smallest absolute Gasteiger partial charge is 0.241 e. The van der Waals surface area contributed by atoms with Gasteiger partial charge in [0.2, 0.25) is 5.91 Å². The fraction of sp³-hybridized carbons (Fsp3) is 0.667. The van der Waals surface area contributed by atoms with E-state index in [4.69, 9.17) is 0 Å². The molecule has 0 radical (unpaired) electrons. The molecule has 3 heterocycles. The molecule has 2 unspecified atom stereocenters. The summed E-state index contributed by atoms with van der Waals surface area (Å²) in [5.74, 6) is 1.16. The van der Waals surface area contributed by atoms with Crippen LogP contribution in [0.15, 0.2) is 12.4 Å². The highest BCUT2D eigenvalue weighted by Gasteiger charge is 2.29. The van der Waals surface area contributed by atoms with Gasteiger partial charge in [-0.25, -0.2) is 4.98 Å². The van der Waals surface area contributed by atoms with Crippen molar-refractivity contribution in [1.82, 2.24) is 25.1 Å². The van der Waals surface area contributed by atoms with Gasteiger partial charge in [-0.15, -0.1) is 0 Å². The molecule has 2 aliphatic heterocycles. The van der Waals surface area contributed by atoms with E-state index in [0.29, 0.717) is 19.1 Å². The third-order valence-electron chi connectivity index (χ3n) is 3.70. The summed E-state index contributed by atoms with van der Waals surface area (Å²) in [5.41, 5.74) is 0. The lowest BCUT2D eigenvalue weighted by Crippen LogP contribution is -2.60. The van der Waals surface area contributed by atoms with E-state index in [1.807, 2.05) is 11.1 Å². The summed E-state index contributed by atoms with van der Waals surface area (Å²) in [6, 6.07) is 0.344. The van der Waals surface area contributed by atoms with Crippen molar-refractivity contribution >= 4 is 5.91 Å². The maximum absolute atomic E-state index is 12.4. The van der Waals surface area contributed by atoms with Gasteiger partial charge in [0.1, 0.15) is 5.82 Å². The molecule has 1 aromatic heterocycles. The Morgan fingerprint density at radius 3 is 3.06 bits per heavy atom. The molecule has 0 aromatic carbocycles. The van der Waals surface area contributed by atoms with Crippen molar-refractivity contribution in [3.63, 3.8) is 0 Å². The van der Waals surface area contributed by atoms with Gasteiger partial charge < -0.3 is 20.1 Å². The van der Waals surface area contributed by atoms with Gasteiger partial charge in [0, 0.05) is 44.6 Å². The number of imidazole rings is 1. The number of aromatic nitrogens is 2. The lowest BCUT2D eigenvalue weighted by atomic mass is 10.1. The second-order valence-electron chi connectivity index (χ2n) is 5.07. The Bertz CT molecular complexity index is 435. The zero-order valence-corrected chi connectivity index (χ0v) is 10.6. The molecule has 6 heteroatoms. The molecule has 0 aliphatic carbocycles. The Morgan fingerprint density at radius 2 is 2.28 bits per heavy atom. The number of amides is 1. The summed E-state index contributed by atoms with van der Waals surface area (Å²) in [6.45, 7) is 5.92. The van der Waals surface area contributed by atoms with Gasteiger partial charge in [0.05, 0.1) is 12.6 Å². The van der Waals surface area contributed by atoms with Crippen LogP contribution in [0, 0.1) is 0 Å². The first-order valence-corrected chi connectivity index (χ1v) is 6.49. The normalized spacial score (nSPS) is 27.9. The highest BCUT2D eigenvalue weighted by molar-refractivity contribution is 5.82. The molecule has 0 spiro atoms. The number of carbonyl (C=O) groups is 1. The second kappa shape index (κ2) is 4.70. The molecule has 2 atom stereocenters. The van der Waals surface area contributed by atoms with Crippen molar-refractivity contribution in [1.29, 1.82) is 0 Å². The lowest BCUT2D eigenvalue weighted by molar-refractivity contribution is -0.135. The van der Waals surface area contributed by atoms with E-state index in [2.05, 4.69) is 27.1 Å². The highest BCUT2D eigenvalue weighted by Crippen LogP contribution is 2.11. The zero-order chi connectivity index (χ0) is 12.5. The van der Waals surface area contributed by atoms with Gasteiger partial charge in [0.15, 0.2) is 0 Å². The molecule has 1 aromatic rings. The van der Waals surface area contributed by atoms with E-state index < -0.39 is 0 Å². The molecule has 1 fully saturated rings. The van der Waals surface area contributed by atoms with Crippen LogP contribution >= 0.6 is 0 Å². The van der Waals surface area contributed by atoms with E-state index in [-0.39, 0.29) is 11.9 Å². The van der Waals surface area contributed by atoms with E-state index in [1.165, 1.54) is 0 Å². The second-order valence-corrected chi connectivity index (χ2v) is 5.07. The van der Waals surface area contributed by atoms with Crippen LogP contribution in [0.2, 0.25) is 0 Å². The van der Waals surface area contributed by atoms with Gasteiger partial charge in [-0.05, 0) is 6.92 Å². The summed E-state index contributed by atoms with van der Waals surface area (Å²) in [5, 5.41) is 6.64. The molecule has 2 N–H and O–H groups in total. The monoisotopic (exact) mass is 249 g/mol. The number of piperazine rings is 1. The van der Waals surface area contributed by atoms with Gasteiger partial charge in [-0.3, -0.25) is 4.79 Å². The minimum Gasteiger partial charge on any atom is -0.332 e. The molecule has 3 rings (SSSR count). The predicted molar refractivity (Wildman–Crippen MR) is 66.9 cm³/mol. The Morgan fingerprint density at radius 1 is 1.39 bits per heavy atom. The number of hydrogen-bond acceptors (Lipinski definition) is 4. The first kappa shape index (κ1) is 11.7. The van der Waals surface area contributed by atoms with Gasteiger partial charge in [-0.2, -0.15) is 0 Å². The van der Waals surface area contributed by atoms with Gasteiger partial charge in [0.25, 0.3) is 0 Å². The first-order chi connectivity index (χ1) is 8.74. The summed E-state index contributed by atoms with van der Waals surface area (Å²) in [4.78, 5) is 18.6. The van der Waals surface area contributed by atoms with Gasteiger partial charge in [-0.1, -0.05) is 0 Å². The highest BCUT2D eigenvalue weighted by atomic mass is 16.2. The van der Waals surface area contributed by atoms with E-state index in [1.54, 1.807) is 6.20 Å². The van der Waals surface area contributed by atoms with Crippen LogP contribution in [0.1, 0.15) is 12.7 Å². The number of carbonyl (C=O) groups excluding carboxylic acids is 1. The standard InChI is InChI=1S/C12H19N5O/c1-9-6-15-10(7-14-9)12(18)17-5-4-16-3-2-13-11(16)8-17/h2-3,9-10,14-15H,4-8H2,1H3. The van der Waals surface area contributed by atoms with Crippen molar-refractivity contribution < 1.29 is 4.79 Å². The molecule has 18 heavy (non-hydrogen) atoms. The molecule has 0 bridgehead atoms. The molecule has 2 aliphatic rings. The van der Waals surface area contributed by atoms with Crippen LogP contribution in [-0.4, -0.2) is 52.1 Å². The SMILES string of the molecule is CC1CNC(C(=O)N2CCn3ccnc3C2)CN1. The van der Waals surface area contributed by atoms with E-state index in [0.717, 1.165) is 25.5 Å². The minimum atomic E-state index is -0.0947.